The summed E-state index contributed by atoms with van der Waals surface area (Å²) in [6.07, 6.45) is -1.11. The van der Waals surface area contributed by atoms with Gasteiger partial charge < -0.3 is 15.7 Å². The third kappa shape index (κ3) is 2.59. The Morgan fingerprint density at radius 2 is 2.05 bits per heavy atom. The van der Waals surface area contributed by atoms with Gasteiger partial charge in [0.2, 0.25) is 9.84 Å². The molecule has 19 heavy (non-hydrogen) atoms. The maximum atomic E-state index is 12.2. The first-order valence-electron chi connectivity index (χ1n) is 5.44. The van der Waals surface area contributed by atoms with Crippen LogP contribution in [-0.4, -0.2) is 36.7 Å². The van der Waals surface area contributed by atoms with Crippen molar-refractivity contribution in [3.05, 3.63) is 30.3 Å². The molecule has 1 aliphatic heterocycles. The van der Waals surface area contributed by atoms with Crippen LogP contribution in [0.3, 0.4) is 0 Å². The quantitative estimate of drug-likeness (QED) is 0.804. The second-order valence-electron chi connectivity index (χ2n) is 4.01. The van der Waals surface area contributed by atoms with Gasteiger partial charge in [-0.25, -0.2) is 8.42 Å². The van der Waals surface area contributed by atoms with Crippen LogP contribution >= 0.6 is 0 Å². The van der Waals surface area contributed by atoms with Crippen molar-refractivity contribution in [2.24, 2.45) is 10.9 Å². The summed E-state index contributed by atoms with van der Waals surface area (Å²) < 4.78 is 24.3. The minimum Gasteiger partial charge on any atom is -0.480 e. The van der Waals surface area contributed by atoms with Crippen molar-refractivity contribution in [2.45, 2.75) is 23.5 Å². The van der Waals surface area contributed by atoms with Gasteiger partial charge in [-0.3, -0.25) is 4.79 Å². The van der Waals surface area contributed by atoms with E-state index in [0.29, 0.717) is 0 Å². The number of sulfone groups is 1. The second-order valence-corrected chi connectivity index (χ2v) is 5.96. The number of hydrogen-bond acceptors (Lipinski definition) is 6. The minimum absolute atomic E-state index is 0.0851. The van der Waals surface area contributed by atoms with E-state index < -0.39 is 28.0 Å². The van der Waals surface area contributed by atoms with E-state index in [2.05, 4.69) is 5.16 Å². The third-order valence-corrected chi connectivity index (χ3v) is 4.47. The lowest BCUT2D eigenvalue weighted by Crippen LogP contribution is -2.42. The van der Waals surface area contributed by atoms with E-state index in [0.717, 1.165) is 0 Å². The van der Waals surface area contributed by atoms with Crippen LogP contribution in [0.25, 0.3) is 0 Å². The number of nitrogens with zero attached hydrogens (tertiary/aromatic N) is 1. The SMILES string of the molecule is NC(C(=O)O)C1CC(S(=O)(=O)c2ccccc2)=NO1. The number of aliphatic carboxylic acids is 1. The molecular formula is C11H12N2O5S. The molecule has 3 N–H and O–H groups in total. The van der Waals surface area contributed by atoms with Gasteiger partial charge in [-0.05, 0) is 12.1 Å². The van der Waals surface area contributed by atoms with Crippen LogP contribution in [0.15, 0.2) is 40.4 Å². The predicted octanol–water partition coefficient (Wildman–Crippen LogP) is -0.0254. The van der Waals surface area contributed by atoms with Crippen molar-refractivity contribution in [3.63, 3.8) is 0 Å². The number of carboxylic acids is 1. The maximum Gasteiger partial charge on any atom is 0.324 e. The Labute approximate surface area is 109 Å². The van der Waals surface area contributed by atoms with Gasteiger partial charge in [0.1, 0.15) is 6.04 Å². The van der Waals surface area contributed by atoms with Crippen molar-refractivity contribution < 1.29 is 23.2 Å². The van der Waals surface area contributed by atoms with Gasteiger partial charge in [-0.1, -0.05) is 23.4 Å². The van der Waals surface area contributed by atoms with E-state index in [9.17, 15) is 13.2 Å². The fraction of sp³-hybridized carbons (Fsp3) is 0.273. The first-order chi connectivity index (χ1) is 8.93. The molecule has 0 spiro atoms. The van der Waals surface area contributed by atoms with Crippen LogP contribution in [0.2, 0.25) is 0 Å². The molecule has 0 saturated heterocycles. The Bertz CT molecular complexity index is 611. The predicted molar refractivity (Wildman–Crippen MR) is 66.2 cm³/mol. The summed E-state index contributed by atoms with van der Waals surface area (Å²) in [5.41, 5.74) is 5.37. The number of rotatable bonds is 3. The lowest BCUT2D eigenvalue weighted by atomic mass is 10.1. The molecule has 0 saturated carbocycles. The Kier molecular flexibility index (Phi) is 3.54. The smallest absolute Gasteiger partial charge is 0.324 e. The first-order valence-corrected chi connectivity index (χ1v) is 6.92. The van der Waals surface area contributed by atoms with E-state index in [4.69, 9.17) is 15.7 Å². The van der Waals surface area contributed by atoms with Crippen molar-refractivity contribution in [3.8, 4) is 0 Å². The number of carbonyl (C=O) groups is 1. The van der Waals surface area contributed by atoms with Gasteiger partial charge in [-0.15, -0.1) is 0 Å². The Morgan fingerprint density at radius 1 is 1.42 bits per heavy atom. The zero-order valence-electron chi connectivity index (χ0n) is 9.76. The summed E-state index contributed by atoms with van der Waals surface area (Å²) in [5.74, 6) is -1.27. The Morgan fingerprint density at radius 3 is 2.63 bits per heavy atom. The van der Waals surface area contributed by atoms with Crippen molar-refractivity contribution >= 4 is 20.9 Å². The number of benzene rings is 1. The van der Waals surface area contributed by atoms with Gasteiger partial charge in [0.25, 0.3) is 0 Å². The number of carboxylic acid groups (broad SMARTS) is 1. The summed E-state index contributed by atoms with van der Waals surface area (Å²) >= 11 is 0. The van der Waals surface area contributed by atoms with Gasteiger partial charge >= 0.3 is 5.97 Å². The lowest BCUT2D eigenvalue weighted by Gasteiger charge is -2.11. The number of nitrogens with two attached hydrogens (primary N) is 1. The molecule has 7 nitrogen and oxygen atoms in total. The molecule has 2 rings (SSSR count). The molecule has 8 heteroatoms. The Hall–Kier alpha value is -1.93. The molecule has 1 aromatic carbocycles. The molecule has 0 aromatic heterocycles. The molecule has 1 aliphatic rings. The van der Waals surface area contributed by atoms with Crippen LogP contribution in [0.1, 0.15) is 6.42 Å². The van der Waals surface area contributed by atoms with Crippen LogP contribution in [0.5, 0.6) is 0 Å². The summed E-state index contributed by atoms with van der Waals surface area (Å²) in [4.78, 5) is 15.6. The van der Waals surface area contributed by atoms with Gasteiger partial charge in [0, 0.05) is 6.42 Å². The zero-order chi connectivity index (χ0) is 14.0. The number of oxime groups is 1. The fourth-order valence-electron chi connectivity index (χ4n) is 1.62. The molecule has 2 atom stereocenters. The number of hydrogen-bond donors (Lipinski definition) is 2. The van der Waals surface area contributed by atoms with Gasteiger partial charge in [-0.2, -0.15) is 0 Å². The van der Waals surface area contributed by atoms with E-state index >= 15 is 0 Å². The molecular weight excluding hydrogens is 272 g/mol. The highest BCUT2D eigenvalue weighted by molar-refractivity contribution is 8.06. The van der Waals surface area contributed by atoms with E-state index in [1.54, 1.807) is 18.2 Å². The monoisotopic (exact) mass is 284 g/mol. The molecule has 2 unspecified atom stereocenters. The van der Waals surface area contributed by atoms with Crippen LogP contribution in [0, 0.1) is 0 Å². The van der Waals surface area contributed by atoms with Gasteiger partial charge in [0.05, 0.1) is 4.90 Å². The molecule has 0 amide bonds. The summed E-state index contributed by atoms with van der Waals surface area (Å²) in [6.45, 7) is 0. The minimum atomic E-state index is -3.75. The average molecular weight is 284 g/mol. The normalized spacial score (nSPS) is 20.5. The van der Waals surface area contributed by atoms with Crippen LogP contribution in [0.4, 0.5) is 0 Å². The molecule has 1 heterocycles. The van der Waals surface area contributed by atoms with E-state index in [-0.39, 0.29) is 16.4 Å². The lowest BCUT2D eigenvalue weighted by molar-refractivity contribution is -0.141. The van der Waals surface area contributed by atoms with Crippen molar-refractivity contribution in [1.82, 2.24) is 0 Å². The summed E-state index contributed by atoms with van der Waals surface area (Å²) in [7, 11) is -3.75. The van der Waals surface area contributed by atoms with Crippen molar-refractivity contribution in [2.75, 3.05) is 0 Å². The fourth-order valence-corrected chi connectivity index (χ4v) is 2.93. The third-order valence-electron chi connectivity index (χ3n) is 2.72. The first kappa shape index (κ1) is 13.5. The largest absolute Gasteiger partial charge is 0.480 e. The Balaban J connectivity index is 2.20. The maximum absolute atomic E-state index is 12.2. The zero-order valence-corrected chi connectivity index (χ0v) is 10.6. The average Bonchev–Trinajstić information content (AvgIpc) is 2.89. The summed E-state index contributed by atoms with van der Waals surface area (Å²) in [6, 6.07) is 6.42. The topological polar surface area (TPSA) is 119 Å². The molecule has 0 radical (unpaired) electrons. The highest BCUT2D eigenvalue weighted by atomic mass is 32.2. The van der Waals surface area contributed by atoms with E-state index in [1.165, 1.54) is 12.1 Å². The second kappa shape index (κ2) is 4.98. The molecule has 0 bridgehead atoms. The molecule has 0 fully saturated rings. The molecule has 1 aromatic rings. The van der Waals surface area contributed by atoms with Gasteiger partial charge in [0.15, 0.2) is 11.1 Å². The van der Waals surface area contributed by atoms with Crippen LogP contribution < -0.4 is 5.73 Å². The molecule has 0 aliphatic carbocycles. The highest BCUT2D eigenvalue weighted by Gasteiger charge is 2.37. The summed E-state index contributed by atoms with van der Waals surface area (Å²) in [5, 5.41) is 12.0. The standard InChI is InChI=1S/C11H12N2O5S/c12-10(11(14)15)8-6-9(13-18-8)19(16,17)7-4-2-1-3-5-7/h1-5,8,10H,6,12H2,(H,14,15). The van der Waals surface area contributed by atoms with E-state index in [1.807, 2.05) is 0 Å². The highest BCUT2D eigenvalue weighted by Crippen LogP contribution is 2.22. The van der Waals surface area contributed by atoms with Crippen molar-refractivity contribution in [1.29, 1.82) is 0 Å². The molecule has 102 valence electrons. The van der Waals surface area contributed by atoms with Crippen LogP contribution in [-0.2, 0) is 19.5 Å².